The molecule has 3 heteroatoms. The first-order chi connectivity index (χ1) is 10.5. The fraction of sp³-hybridized carbons (Fsp3) is 0.316. The first-order valence-corrected chi connectivity index (χ1v) is 7.57. The Bertz CT molecular complexity index is 637. The quantitative estimate of drug-likeness (QED) is 0.800. The molecule has 2 aromatic carbocycles. The van der Waals surface area contributed by atoms with Crippen LogP contribution in [-0.2, 0) is 13.0 Å². The monoisotopic (exact) mass is 297 g/mol. The van der Waals surface area contributed by atoms with E-state index in [0.29, 0.717) is 5.56 Å². The number of carboxylic acids is 1. The van der Waals surface area contributed by atoms with Crippen LogP contribution in [0.15, 0.2) is 36.4 Å². The Balaban J connectivity index is 1.86. The van der Waals surface area contributed by atoms with Crippen LogP contribution in [0.3, 0.4) is 0 Å². The minimum atomic E-state index is -0.884. The van der Waals surface area contributed by atoms with Gasteiger partial charge in [0.05, 0.1) is 5.56 Å². The van der Waals surface area contributed by atoms with Crippen LogP contribution in [-0.4, -0.2) is 17.6 Å². The Kier molecular flexibility index (Phi) is 5.34. The van der Waals surface area contributed by atoms with Crippen LogP contribution >= 0.6 is 0 Å². The van der Waals surface area contributed by atoms with E-state index < -0.39 is 5.97 Å². The molecule has 0 aliphatic carbocycles. The van der Waals surface area contributed by atoms with Crippen LogP contribution in [0, 0.1) is 20.8 Å². The molecule has 2 rings (SSSR count). The summed E-state index contributed by atoms with van der Waals surface area (Å²) in [4.78, 5) is 10.8. The number of rotatable bonds is 6. The van der Waals surface area contributed by atoms with E-state index in [9.17, 15) is 4.79 Å². The topological polar surface area (TPSA) is 49.3 Å². The minimum Gasteiger partial charge on any atom is -0.478 e. The van der Waals surface area contributed by atoms with E-state index in [4.69, 9.17) is 5.11 Å². The molecule has 3 nitrogen and oxygen atoms in total. The third kappa shape index (κ3) is 4.18. The van der Waals surface area contributed by atoms with Crippen molar-refractivity contribution in [3.8, 4) is 0 Å². The third-order valence-electron chi connectivity index (χ3n) is 3.92. The molecule has 0 spiro atoms. The SMILES string of the molecule is Cc1cc(C)c(CCNCc2ccc(C(=O)O)cc2)c(C)c1. The van der Waals surface area contributed by atoms with Crippen molar-refractivity contribution in [3.05, 3.63) is 69.8 Å². The van der Waals surface area contributed by atoms with E-state index in [-0.39, 0.29) is 0 Å². The van der Waals surface area contributed by atoms with Gasteiger partial charge in [-0.15, -0.1) is 0 Å². The molecule has 22 heavy (non-hydrogen) atoms. The highest BCUT2D eigenvalue weighted by atomic mass is 16.4. The zero-order chi connectivity index (χ0) is 16.1. The number of benzene rings is 2. The summed E-state index contributed by atoms with van der Waals surface area (Å²) in [6.45, 7) is 8.12. The van der Waals surface area contributed by atoms with E-state index in [1.165, 1.54) is 22.3 Å². The lowest BCUT2D eigenvalue weighted by molar-refractivity contribution is 0.0697. The van der Waals surface area contributed by atoms with Crippen molar-refractivity contribution in [1.29, 1.82) is 0 Å². The van der Waals surface area contributed by atoms with Crippen molar-refractivity contribution in [2.45, 2.75) is 33.7 Å². The molecular weight excluding hydrogens is 274 g/mol. The smallest absolute Gasteiger partial charge is 0.335 e. The Labute approximate surface area is 132 Å². The summed E-state index contributed by atoms with van der Waals surface area (Å²) in [7, 11) is 0. The Hall–Kier alpha value is -2.13. The summed E-state index contributed by atoms with van der Waals surface area (Å²) < 4.78 is 0. The molecule has 2 N–H and O–H groups in total. The average Bonchev–Trinajstić information content (AvgIpc) is 2.46. The van der Waals surface area contributed by atoms with Crippen LogP contribution in [0.25, 0.3) is 0 Å². The van der Waals surface area contributed by atoms with Gasteiger partial charge in [0, 0.05) is 6.54 Å². The van der Waals surface area contributed by atoms with Crippen molar-refractivity contribution in [2.24, 2.45) is 0 Å². The van der Waals surface area contributed by atoms with Gasteiger partial charge in [-0.05, 0) is 68.1 Å². The highest BCUT2D eigenvalue weighted by Gasteiger charge is 2.04. The highest BCUT2D eigenvalue weighted by molar-refractivity contribution is 5.87. The minimum absolute atomic E-state index is 0.328. The maximum absolute atomic E-state index is 10.8. The van der Waals surface area contributed by atoms with Gasteiger partial charge in [0.2, 0.25) is 0 Å². The molecule has 0 bridgehead atoms. The second kappa shape index (κ2) is 7.23. The van der Waals surface area contributed by atoms with E-state index in [1.54, 1.807) is 12.1 Å². The molecule has 116 valence electrons. The first kappa shape index (κ1) is 16.2. The zero-order valence-corrected chi connectivity index (χ0v) is 13.4. The molecule has 2 aromatic rings. The molecule has 0 aliphatic heterocycles. The lowest BCUT2D eigenvalue weighted by atomic mass is 9.97. The Morgan fingerprint density at radius 1 is 1.05 bits per heavy atom. The molecule has 0 aromatic heterocycles. The van der Waals surface area contributed by atoms with Crippen LogP contribution in [0.1, 0.15) is 38.2 Å². The lowest BCUT2D eigenvalue weighted by Crippen LogP contribution is -2.17. The maximum atomic E-state index is 10.8. The summed E-state index contributed by atoms with van der Waals surface area (Å²) in [5.41, 5.74) is 6.86. The van der Waals surface area contributed by atoms with Gasteiger partial charge < -0.3 is 10.4 Å². The molecular formula is C19H23NO2. The predicted octanol–water partition coefficient (Wildman–Crippen LogP) is 3.64. The standard InChI is InChI=1S/C19H23NO2/c1-13-10-14(2)18(15(3)11-13)8-9-20-12-16-4-6-17(7-5-16)19(21)22/h4-7,10-11,20H,8-9,12H2,1-3H3,(H,21,22). The van der Waals surface area contributed by atoms with Gasteiger partial charge in [0.15, 0.2) is 0 Å². The van der Waals surface area contributed by atoms with Gasteiger partial charge in [-0.1, -0.05) is 29.8 Å². The normalized spacial score (nSPS) is 10.7. The summed E-state index contributed by atoms with van der Waals surface area (Å²) in [5, 5.41) is 12.3. The summed E-state index contributed by atoms with van der Waals surface area (Å²) in [6.07, 6.45) is 1.01. The van der Waals surface area contributed by atoms with Crippen molar-refractivity contribution in [1.82, 2.24) is 5.32 Å². The number of nitrogens with one attached hydrogen (secondary N) is 1. The van der Waals surface area contributed by atoms with Crippen molar-refractivity contribution in [3.63, 3.8) is 0 Å². The van der Waals surface area contributed by atoms with E-state index in [2.05, 4.69) is 38.2 Å². The van der Waals surface area contributed by atoms with Crippen molar-refractivity contribution in [2.75, 3.05) is 6.54 Å². The number of hydrogen-bond donors (Lipinski definition) is 2. The van der Waals surface area contributed by atoms with Gasteiger partial charge in [0.25, 0.3) is 0 Å². The van der Waals surface area contributed by atoms with Crippen LogP contribution in [0.5, 0.6) is 0 Å². The Morgan fingerprint density at radius 3 is 2.18 bits per heavy atom. The van der Waals surface area contributed by atoms with Gasteiger partial charge >= 0.3 is 5.97 Å². The fourth-order valence-corrected chi connectivity index (χ4v) is 2.82. The van der Waals surface area contributed by atoms with Crippen LogP contribution < -0.4 is 5.32 Å². The first-order valence-electron chi connectivity index (χ1n) is 7.57. The number of hydrogen-bond acceptors (Lipinski definition) is 2. The van der Waals surface area contributed by atoms with Gasteiger partial charge in [0.1, 0.15) is 0 Å². The molecule has 0 radical (unpaired) electrons. The molecule has 0 aliphatic rings. The molecule has 0 atom stereocenters. The number of aromatic carboxylic acids is 1. The van der Waals surface area contributed by atoms with Gasteiger partial charge in [-0.3, -0.25) is 0 Å². The molecule has 0 fully saturated rings. The summed E-state index contributed by atoms with van der Waals surface area (Å²) in [5.74, 6) is -0.884. The van der Waals surface area contributed by atoms with E-state index >= 15 is 0 Å². The number of carbonyl (C=O) groups is 1. The lowest BCUT2D eigenvalue weighted by Gasteiger charge is -2.12. The zero-order valence-electron chi connectivity index (χ0n) is 13.4. The van der Waals surface area contributed by atoms with Crippen molar-refractivity contribution < 1.29 is 9.90 Å². The largest absolute Gasteiger partial charge is 0.478 e. The van der Waals surface area contributed by atoms with E-state index in [0.717, 1.165) is 25.1 Å². The molecule has 0 unspecified atom stereocenters. The van der Waals surface area contributed by atoms with Gasteiger partial charge in [-0.2, -0.15) is 0 Å². The molecule has 0 saturated heterocycles. The molecule has 0 heterocycles. The second-order valence-electron chi connectivity index (χ2n) is 5.81. The average molecular weight is 297 g/mol. The summed E-state index contributed by atoms with van der Waals surface area (Å²) in [6, 6.07) is 11.5. The highest BCUT2D eigenvalue weighted by Crippen LogP contribution is 2.16. The number of carboxylic acid groups (broad SMARTS) is 1. The van der Waals surface area contributed by atoms with E-state index in [1.807, 2.05) is 12.1 Å². The number of aryl methyl sites for hydroxylation is 3. The maximum Gasteiger partial charge on any atom is 0.335 e. The third-order valence-corrected chi connectivity index (χ3v) is 3.92. The molecule has 0 amide bonds. The summed E-state index contributed by atoms with van der Waals surface area (Å²) >= 11 is 0. The van der Waals surface area contributed by atoms with Crippen LogP contribution in [0.4, 0.5) is 0 Å². The molecule has 0 saturated carbocycles. The van der Waals surface area contributed by atoms with Crippen molar-refractivity contribution >= 4 is 5.97 Å². The predicted molar refractivity (Wildman–Crippen MR) is 89.5 cm³/mol. The second-order valence-corrected chi connectivity index (χ2v) is 5.81. The Morgan fingerprint density at radius 2 is 1.64 bits per heavy atom. The fourth-order valence-electron chi connectivity index (χ4n) is 2.82. The van der Waals surface area contributed by atoms with Gasteiger partial charge in [-0.25, -0.2) is 4.79 Å². The van der Waals surface area contributed by atoms with Crippen LogP contribution in [0.2, 0.25) is 0 Å².